The van der Waals surface area contributed by atoms with Crippen molar-refractivity contribution < 1.29 is 37.8 Å². The van der Waals surface area contributed by atoms with Crippen LogP contribution < -0.4 is 4.90 Å². The van der Waals surface area contributed by atoms with E-state index >= 15 is 4.39 Å². The molecule has 0 N–H and O–H groups in total. The number of halogens is 2. The number of nitrogens with zero attached hydrogens (tertiary/aromatic N) is 1. The molecule has 1 aliphatic carbocycles. The van der Waals surface area contributed by atoms with Crippen molar-refractivity contribution in [2.45, 2.75) is 42.8 Å². The van der Waals surface area contributed by atoms with E-state index < -0.39 is 34.8 Å². The Labute approximate surface area is 235 Å². The van der Waals surface area contributed by atoms with Crippen molar-refractivity contribution >= 4 is 52.8 Å². The van der Waals surface area contributed by atoms with Gasteiger partial charge in [-0.25, -0.2) is 14.1 Å². The molecule has 1 aliphatic rings. The maximum atomic E-state index is 15.5. The van der Waals surface area contributed by atoms with E-state index in [1.807, 2.05) is 0 Å². The summed E-state index contributed by atoms with van der Waals surface area (Å²) in [5, 5.41) is -0.704. The molecule has 2 aromatic rings. The molecule has 2 aromatic carbocycles. The Balaban J connectivity index is 2.13. The number of esters is 2. The van der Waals surface area contributed by atoms with Crippen LogP contribution in [0.25, 0.3) is 0 Å². The summed E-state index contributed by atoms with van der Waals surface area (Å²) in [6.07, 6.45) is 1.74. The molecule has 0 spiro atoms. The van der Waals surface area contributed by atoms with Crippen LogP contribution in [0.2, 0.25) is 5.02 Å². The number of anilines is 1. The summed E-state index contributed by atoms with van der Waals surface area (Å²) in [5.74, 6) is -3.75. The van der Waals surface area contributed by atoms with Gasteiger partial charge < -0.3 is 14.2 Å². The SMILES string of the molecule is COCCOC(=O)C1=C(C(=O)N(C(=O)c2ccccc2)c2cc(SC(C)C(=O)OC)c(Cl)cc2F)CCCC1. The van der Waals surface area contributed by atoms with Gasteiger partial charge in [0.2, 0.25) is 0 Å². The van der Waals surface area contributed by atoms with Crippen LogP contribution in [0.15, 0.2) is 58.5 Å². The highest BCUT2D eigenvalue weighted by Gasteiger charge is 2.34. The molecule has 8 nitrogen and oxygen atoms in total. The first-order chi connectivity index (χ1) is 18.7. The summed E-state index contributed by atoms with van der Waals surface area (Å²) in [7, 11) is 2.71. The summed E-state index contributed by atoms with van der Waals surface area (Å²) < 4.78 is 30.4. The Morgan fingerprint density at radius 2 is 1.67 bits per heavy atom. The lowest BCUT2D eigenvalue weighted by molar-refractivity contribution is -0.141. The van der Waals surface area contributed by atoms with Gasteiger partial charge in [0.05, 0.1) is 24.4 Å². The molecule has 3 rings (SSSR count). The number of benzene rings is 2. The number of rotatable bonds is 10. The van der Waals surface area contributed by atoms with E-state index in [0.717, 1.165) is 22.7 Å². The number of ether oxygens (including phenoxy) is 3. The Morgan fingerprint density at radius 3 is 2.31 bits per heavy atom. The van der Waals surface area contributed by atoms with Crippen LogP contribution in [0.4, 0.5) is 10.1 Å². The lowest BCUT2D eigenvalue weighted by Crippen LogP contribution is -2.40. The zero-order valence-electron chi connectivity index (χ0n) is 21.8. The highest BCUT2D eigenvalue weighted by Crippen LogP contribution is 2.38. The highest BCUT2D eigenvalue weighted by molar-refractivity contribution is 8.00. The van der Waals surface area contributed by atoms with Crippen LogP contribution in [0, 0.1) is 5.82 Å². The summed E-state index contributed by atoms with van der Waals surface area (Å²) in [6, 6.07) is 10.2. The highest BCUT2D eigenvalue weighted by atomic mass is 35.5. The van der Waals surface area contributed by atoms with Gasteiger partial charge in [0.15, 0.2) is 0 Å². The minimum absolute atomic E-state index is 0.00224. The Bertz CT molecular complexity index is 1270. The van der Waals surface area contributed by atoms with Gasteiger partial charge in [0.25, 0.3) is 11.8 Å². The normalized spacial score (nSPS) is 14.0. The minimum Gasteiger partial charge on any atom is -0.468 e. The van der Waals surface area contributed by atoms with Crippen molar-refractivity contribution in [3.05, 3.63) is 70.0 Å². The summed E-state index contributed by atoms with van der Waals surface area (Å²) in [4.78, 5) is 53.5. The molecule has 0 saturated heterocycles. The van der Waals surface area contributed by atoms with Crippen molar-refractivity contribution in [3.63, 3.8) is 0 Å². The zero-order chi connectivity index (χ0) is 28.5. The van der Waals surface area contributed by atoms with E-state index in [-0.39, 0.29) is 58.4 Å². The van der Waals surface area contributed by atoms with Crippen molar-refractivity contribution in [1.82, 2.24) is 0 Å². The van der Waals surface area contributed by atoms with Crippen LogP contribution in [0.3, 0.4) is 0 Å². The van der Waals surface area contributed by atoms with Gasteiger partial charge in [0.1, 0.15) is 17.7 Å². The fourth-order valence-corrected chi connectivity index (χ4v) is 5.22. The van der Waals surface area contributed by atoms with Crippen LogP contribution in [-0.4, -0.2) is 56.4 Å². The number of thioether (sulfide) groups is 1. The van der Waals surface area contributed by atoms with Crippen LogP contribution in [0.1, 0.15) is 43.0 Å². The van der Waals surface area contributed by atoms with Crippen molar-refractivity contribution in [2.75, 3.05) is 32.3 Å². The Kier molecular flexibility index (Phi) is 11.1. The Morgan fingerprint density at radius 1 is 1.00 bits per heavy atom. The molecule has 0 saturated carbocycles. The largest absolute Gasteiger partial charge is 0.468 e. The average Bonchev–Trinajstić information content (AvgIpc) is 2.95. The fourth-order valence-electron chi connectivity index (χ4n) is 4.01. The number of hydrogen-bond donors (Lipinski definition) is 0. The van der Waals surface area contributed by atoms with Gasteiger partial charge in [-0.2, -0.15) is 0 Å². The molecule has 2 amide bonds. The molecule has 39 heavy (non-hydrogen) atoms. The van der Waals surface area contributed by atoms with Crippen LogP contribution in [0.5, 0.6) is 0 Å². The zero-order valence-corrected chi connectivity index (χ0v) is 23.4. The number of amides is 2. The predicted molar refractivity (Wildman–Crippen MR) is 145 cm³/mol. The van der Waals surface area contributed by atoms with Crippen molar-refractivity contribution in [3.8, 4) is 0 Å². The topological polar surface area (TPSA) is 99.2 Å². The molecule has 0 aliphatic heterocycles. The molecular formula is C28H29ClFNO7S. The van der Waals surface area contributed by atoms with Crippen molar-refractivity contribution in [2.24, 2.45) is 0 Å². The predicted octanol–water partition coefficient (Wildman–Crippen LogP) is 5.37. The molecule has 1 atom stereocenters. The van der Waals surface area contributed by atoms with Gasteiger partial charge in [-0.3, -0.25) is 14.4 Å². The molecular weight excluding hydrogens is 549 g/mol. The summed E-state index contributed by atoms with van der Waals surface area (Å²) >= 11 is 7.26. The lowest BCUT2D eigenvalue weighted by Gasteiger charge is -2.27. The van der Waals surface area contributed by atoms with E-state index in [1.165, 1.54) is 32.4 Å². The van der Waals surface area contributed by atoms with Gasteiger partial charge in [-0.1, -0.05) is 29.8 Å². The number of methoxy groups -OCH3 is 2. The van der Waals surface area contributed by atoms with Gasteiger partial charge in [-0.15, -0.1) is 11.8 Å². The maximum absolute atomic E-state index is 15.5. The summed E-state index contributed by atoms with van der Waals surface area (Å²) in [6.45, 7) is 1.77. The molecule has 0 radical (unpaired) electrons. The number of hydrogen-bond acceptors (Lipinski definition) is 8. The Hall–Kier alpha value is -3.21. The standard InChI is InChI=1S/C28H29ClFNO7S/c1-17(27(34)37-3)39-24-16-23(22(30)15-21(24)29)31(25(32)18-9-5-4-6-10-18)26(33)19-11-7-8-12-20(19)28(35)38-14-13-36-2/h4-6,9-10,15-17H,7-8,11-14H2,1-3H3. The van der Waals surface area contributed by atoms with Crippen molar-refractivity contribution in [1.29, 1.82) is 0 Å². The second kappa shape index (κ2) is 14.3. The lowest BCUT2D eigenvalue weighted by atomic mass is 9.90. The minimum atomic E-state index is -0.923. The van der Waals surface area contributed by atoms with Gasteiger partial charge in [0, 0.05) is 28.7 Å². The van der Waals surface area contributed by atoms with E-state index in [4.69, 9.17) is 25.8 Å². The second-order valence-electron chi connectivity index (χ2n) is 8.62. The van der Waals surface area contributed by atoms with Gasteiger partial charge >= 0.3 is 11.9 Å². The van der Waals surface area contributed by atoms with E-state index in [9.17, 15) is 19.2 Å². The molecule has 0 fully saturated rings. The molecule has 1 unspecified atom stereocenters. The molecule has 0 bridgehead atoms. The van der Waals surface area contributed by atoms with E-state index in [0.29, 0.717) is 12.8 Å². The molecule has 0 aromatic heterocycles. The maximum Gasteiger partial charge on any atom is 0.334 e. The van der Waals surface area contributed by atoms with E-state index in [2.05, 4.69) is 0 Å². The number of imide groups is 1. The quantitative estimate of drug-likeness (QED) is 0.161. The molecule has 11 heteroatoms. The number of carbonyl (C=O) groups excluding carboxylic acids is 4. The first-order valence-electron chi connectivity index (χ1n) is 12.2. The fraction of sp³-hybridized carbons (Fsp3) is 0.357. The first kappa shape index (κ1) is 30.3. The average molecular weight is 578 g/mol. The summed E-state index contributed by atoms with van der Waals surface area (Å²) in [5.41, 5.74) is 0.0110. The third-order valence-electron chi connectivity index (χ3n) is 6.00. The van der Waals surface area contributed by atoms with Gasteiger partial charge in [-0.05, 0) is 56.9 Å². The monoisotopic (exact) mass is 577 g/mol. The van der Waals surface area contributed by atoms with Crippen LogP contribution >= 0.6 is 23.4 Å². The van der Waals surface area contributed by atoms with E-state index in [1.54, 1.807) is 25.1 Å². The van der Waals surface area contributed by atoms with Crippen LogP contribution in [-0.2, 0) is 28.6 Å². The molecule has 208 valence electrons. The third-order valence-corrected chi connectivity index (χ3v) is 7.56. The number of carbonyl (C=O) groups is 4. The smallest absolute Gasteiger partial charge is 0.334 e. The third kappa shape index (κ3) is 7.46. The molecule has 0 heterocycles. The first-order valence-corrected chi connectivity index (χ1v) is 13.5. The second-order valence-corrected chi connectivity index (χ2v) is 10.4.